The molecule has 1 aliphatic rings. The Bertz CT molecular complexity index is 269. The zero-order valence-electron chi connectivity index (χ0n) is 9.44. The van der Waals surface area contributed by atoms with E-state index in [1.54, 1.807) is 6.92 Å². The fourth-order valence-corrected chi connectivity index (χ4v) is 1.81. The maximum Gasteiger partial charge on any atom is 0.414 e. The first kappa shape index (κ1) is 15.2. The smallest absolute Gasteiger partial charge is 0.414 e. The number of halogens is 1. The van der Waals surface area contributed by atoms with Gasteiger partial charge >= 0.3 is 6.09 Å². The third kappa shape index (κ3) is 3.64. The van der Waals surface area contributed by atoms with Crippen molar-refractivity contribution in [2.75, 3.05) is 6.54 Å². The molecule has 3 N–H and O–H groups in total. The molecule has 2 amide bonds. The van der Waals surface area contributed by atoms with Gasteiger partial charge in [0.1, 0.15) is 0 Å². The van der Waals surface area contributed by atoms with E-state index in [0.29, 0.717) is 6.42 Å². The molecule has 1 fully saturated rings. The summed E-state index contributed by atoms with van der Waals surface area (Å²) in [6, 6.07) is 0. The molecule has 0 aromatic rings. The molecule has 1 unspecified atom stereocenters. The second kappa shape index (κ2) is 6.06. The van der Waals surface area contributed by atoms with E-state index in [-0.39, 0.29) is 19.0 Å². The number of imide groups is 1. The first-order valence-corrected chi connectivity index (χ1v) is 5.29. The van der Waals surface area contributed by atoms with Gasteiger partial charge < -0.3 is 10.8 Å². The second-order valence-electron chi connectivity index (χ2n) is 4.32. The van der Waals surface area contributed by atoms with Gasteiger partial charge in [-0.05, 0) is 19.8 Å². The van der Waals surface area contributed by atoms with E-state index >= 15 is 0 Å². The van der Waals surface area contributed by atoms with E-state index in [9.17, 15) is 9.59 Å². The van der Waals surface area contributed by atoms with E-state index in [2.05, 4.69) is 0 Å². The van der Waals surface area contributed by atoms with Crippen LogP contribution >= 0.6 is 12.4 Å². The first-order valence-electron chi connectivity index (χ1n) is 5.29. The minimum absolute atomic E-state index is 0. The number of amides is 2. The lowest BCUT2D eigenvalue weighted by Gasteiger charge is -2.27. The van der Waals surface area contributed by atoms with Crippen LogP contribution in [0.4, 0.5) is 4.79 Å². The lowest BCUT2D eigenvalue weighted by atomic mass is 9.94. The van der Waals surface area contributed by atoms with E-state index < -0.39 is 17.5 Å². The minimum Gasteiger partial charge on any atom is -0.465 e. The highest BCUT2D eigenvalue weighted by Crippen LogP contribution is 2.19. The van der Waals surface area contributed by atoms with E-state index in [4.69, 9.17) is 10.8 Å². The molecule has 1 rings (SSSR count). The van der Waals surface area contributed by atoms with Gasteiger partial charge in [0.05, 0.1) is 5.54 Å². The van der Waals surface area contributed by atoms with Crippen molar-refractivity contribution in [2.24, 2.45) is 5.73 Å². The predicted molar refractivity (Wildman–Crippen MR) is 62.7 cm³/mol. The van der Waals surface area contributed by atoms with Gasteiger partial charge in [-0.15, -0.1) is 12.4 Å². The Balaban J connectivity index is 0.00000225. The summed E-state index contributed by atoms with van der Waals surface area (Å²) in [4.78, 5) is 23.6. The standard InChI is InChI=1S/C10H18N2O3.ClH/c1-10(11)6-4-2-3-5-7-12(8(10)13)9(14)15;/h2-7,11H2,1H3,(H,14,15);1H. The zero-order valence-corrected chi connectivity index (χ0v) is 10.3. The SMILES string of the molecule is CC1(N)CCCCCCN(C(=O)O)C1=O.Cl. The van der Waals surface area contributed by atoms with Crippen LogP contribution in [0.1, 0.15) is 39.0 Å². The molecule has 1 saturated heterocycles. The quantitative estimate of drug-likeness (QED) is 0.684. The van der Waals surface area contributed by atoms with Crippen molar-refractivity contribution < 1.29 is 14.7 Å². The highest BCUT2D eigenvalue weighted by molar-refractivity contribution is 5.96. The van der Waals surface area contributed by atoms with Crippen LogP contribution < -0.4 is 5.73 Å². The fourth-order valence-electron chi connectivity index (χ4n) is 1.81. The maximum atomic E-state index is 11.8. The summed E-state index contributed by atoms with van der Waals surface area (Å²) in [6.45, 7) is 1.87. The molecular formula is C10H19ClN2O3. The average Bonchev–Trinajstić information content (AvgIpc) is 2.19. The Labute approximate surface area is 101 Å². The largest absolute Gasteiger partial charge is 0.465 e. The van der Waals surface area contributed by atoms with Crippen LogP contribution in [0.2, 0.25) is 0 Å². The van der Waals surface area contributed by atoms with Gasteiger partial charge in [-0.25, -0.2) is 9.69 Å². The van der Waals surface area contributed by atoms with E-state index in [1.807, 2.05) is 0 Å². The monoisotopic (exact) mass is 250 g/mol. The molecule has 0 spiro atoms. The molecule has 0 radical (unpaired) electrons. The summed E-state index contributed by atoms with van der Waals surface area (Å²) in [5.74, 6) is -0.475. The highest BCUT2D eigenvalue weighted by atomic mass is 35.5. The molecule has 5 nitrogen and oxygen atoms in total. The Morgan fingerprint density at radius 1 is 1.38 bits per heavy atom. The van der Waals surface area contributed by atoms with Crippen LogP contribution in [-0.2, 0) is 4.79 Å². The number of nitrogens with zero attached hydrogens (tertiary/aromatic N) is 1. The van der Waals surface area contributed by atoms with Gasteiger partial charge in [0.25, 0.3) is 5.91 Å². The van der Waals surface area contributed by atoms with Crippen molar-refractivity contribution in [3.05, 3.63) is 0 Å². The van der Waals surface area contributed by atoms with Gasteiger partial charge in [0.2, 0.25) is 0 Å². The third-order valence-electron chi connectivity index (χ3n) is 2.79. The van der Waals surface area contributed by atoms with Crippen LogP contribution in [0, 0.1) is 0 Å². The predicted octanol–water partition coefficient (Wildman–Crippen LogP) is 1.60. The van der Waals surface area contributed by atoms with Crippen LogP contribution in [0.25, 0.3) is 0 Å². The van der Waals surface area contributed by atoms with Crippen molar-refractivity contribution >= 4 is 24.4 Å². The Hall–Kier alpha value is -0.810. The Morgan fingerprint density at radius 2 is 1.94 bits per heavy atom. The fraction of sp³-hybridized carbons (Fsp3) is 0.800. The molecular weight excluding hydrogens is 232 g/mol. The molecule has 6 heteroatoms. The summed E-state index contributed by atoms with van der Waals surface area (Å²) in [5, 5.41) is 8.90. The number of carboxylic acid groups (broad SMARTS) is 1. The topological polar surface area (TPSA) is 83.6 Å². The number of nitrogens with two attached hydrogens (primary N) is 1. The highest BCUT2D eigenvalue weighted by Gasteiger charge is 2.35. The minimum atomic E-state index is -1.20. The van der Waals surface area contributed by atoms with Crippen LogP contribution in [0.15, 0.2) is 0 Å². The van der Waals surface area contributed by atoms with Crippen LogP contribution in [0.3, 0.4) is 0 Å². The number of carbonyl (C=O) groups excluding carboxylic acids is 1. The van der Waals surface area contributed by atoms with Crippen molar-refractivity contribution in [3.8, 4) is 0 Å². The molecule has 0 aromatic carbocycles. The van der Waals surface area contributed by atoms with Crippen molar-refractivity contribution in [1.82, 2.24) is 4.90 Å². The summed E-state index contributed by atoms with van der Waals surface area (Å²) >= 11 is 0. The van der Waals surface area contributed by atoms with Crippen molar-refractivity contribution in [1.29, 1.82) is 0 Å². The number of hydrogen-bond donors (Lipinski definition) is 2. The van der Waals surface area contributed by atoms with E-state index in [0.717, 1.165) is 30.6 Å². The molecule has 16 heavy (non-hydrogen) atoms. The third-order valence-corrected chi connectivity index (χ3v) is 2.79. The van der Waals surface area contributed by atoms with Crippen LogP contribution in [-0.4, -0.2) is 34.1 Å². The summed E-state index contributed by atoms with van der Waals surface area (Å²) in [6.07, 6.45) is 2.93. The average molecular weight is 251 g/mol. The van der Waals surface area contributed by atoms with Gasteiger partial charge in [0.15, 0.2) is 0 Å². The maximum absolute atomic E-state index is 11.8. The molecule has 0 aliphatic carbocycles. The van der Waals surface area contributed by atoms with Gasteiger partial charge in [-0.1, -0.05) is 19.3 Å². The van der Waals surface area contributed by atoms with E-state index in [1.165, 1.54) is 0 Å². The number of carbonyl (C=O) groups is 2. The first-order chi connectivity index (χ1) is 6.95. The Kier molecular flexibility index (Phi) is 5.75. The van der Waals surface area contributed by atoms with Crippen molar-refractivity contribution in [2.45, 2.75) is 44.6 Å². The van der Waals surface area contributed by atoms with Gasteiger partial charge in [-0.3, -0.25) is 4.79 Å². The lowest BCUT2D eigenvalue weighted by molar-refractivity contribution is -0.134. The molecule has 1 atom stereocenters. The van der Waals surface area contributed by atoms with Gasteiger partial charge in [-0.2, -0.15) is 0 Å². The Morgan fingerprint density at radius 3 is 2.50 bits per heavy atom. The molecule has 0 aromatic heterocycles. The zero-order chi connectivity index (χ0) is 11.5. The summed E-state index contributed by atoms with van der Waals surface area (Å²) in [7, 11) is 0. The number of hydrogen-bond acceptors (Lipinski definition) is 3. The molecule has 0 saturated carbocycles. The normalized spacial score (nSPS) is 27.4. The molecule has 1 aliphatic heterocycles. The number of rotatable bonds is 0. The summed E-state index contributed by atoms with van der Waals surface area (Å²) in [5.41, 5.74) is 4.79. The summed E-state index contributed by atoms with van der Waals surface area (Å²) < 4.78 is 0. The van der Waals surface area contributed by atoms with Gasteiger partial charge in [0, 0.05) is 6.54 Å². The second-order valence-corrected chi connectivity index (χ2v) is 4.32. The molecule has 0 bridgehead atoms. The molecule has 94 valence electrons. The lowest BCUT2D eigenvalue weighted by Crippen LogP contribution is -2.54. The van der Waals surface area contributed by atoms with Crippen LogP contribution in [0.5, 0.6) is 0 Å². The van der Waals surface area contributed by atoms with Crippen molar-refractivity contribution in [3.63, 3.8) is 0 Å². The molecule has 1 heterocycles.